The van der Waals surface area contributed by atoms with Crippen LogP contribution in [-0.2, 0) is 79.9 Å². The molecule has 0 aliphatic carbocycles. The van der Waals surface area contributed by atoms with Crippen molar-refractivity contribution in [2.75, 3.05) is 51.7 Å². The van der Waals surface area contributed by atoms with Gasteiger partial charge in [-0.25, -0.2) is 4.79 Å². The Bertz CT molecular complexity index is 2810. The van der Waals surface area contributed by atoms with E-state index in [1.54, 1.807) is 51.8 Å². The van der Waals surface area contributed by atoms with Crippen molar-refractivity contribution in [2.24, 2.45) is 17.8 Å². The quantitative estimate of drug-likeness (QED) is 0.0568. The zero-order valence-corrected chi connectivity index (χ0v) is 46.2. The third kappa shape index (κ3) is 19.1. The van der Waals surface area contributed by atoms with Crippen LogP contribution >= 0.6 is 11.8 Å². The average Bonchev–Trinajstić information content (AvgIpc) is 4.04. The number of rotatable bonds is 17. The molecular formula is C53H70N10O17S. The number of aliphatic hydroxyl groups is 1. The molecule has 1 saturated heterocycles. The van der Waals surface area contributed by atoms with E-state index in [1.807, 2.05) is 5.92 Å². The molecule has 440 valence electrons. The summed E-state index contributed by atoms with van der Waals surface area (Å²) in [5.41, 5.74) is 1.31. The smallest absolute Gasteiger partial charge is 0.382 e. The molecular weight excluding hydrogens is 1080 g/mol. The first kappa shape index (κ1) is 63.9. The van der Waals surface area contributed by atoms with E-state index in [1.165, 1.54) is 0 Å². The van der Waals surface area contributed by atoms with Gasteiger partial charge in [0.05, 0.1) is 55.8 Å². The maximum Gasteiger partial charge on any atom is 0.382 e. The largest absolute Gasteiger partial charge is 0.481 e. The normalized spacial score (nSPS) is 23.3. The highest BCUT2D eigenvalue weighted by Gasteiger charge is 2.44. The number of amides is 9. The molecule has 27 nitrogen and oxygen atoms in total. The van der Waals surface area contributed by atoms with Gasteiger partial charge in [-0.1, -0.05) is 46.6 Å². The average molecular weight is 1150 g/mol. The van der Waals surface area contributed by atoms with Gasteiger partial charge in [0, 0.05) is 86.7 Å². The second kappa shape index (κ2) is 30.6. The Morgan fingerprint density at radius 3 is 2.14 bits per heavy atom. The van der Waals surface area contributed by atoms with Crippen LogP contribution in [0, 0.1) is 29.6 Å². The van der Waals surface area contributed by atoms with Gasteiger partial charge in [-0.3, -0.25) is 57.5 Å². The summed E-state index contributed by atoms with van der Waals surface area (Å²) in [6.45, 7) is 5.07. The number of aliphatic carboxylic acids is 2. The fourth-order valence-corrected chi connectivity index (χ4v) is 10.4. The van der Waals surface area contributed by atoms with Crippen molar-refractivity contribution in [1.82, 2.24) is 52.4 Å². The fraction of sp³-hybridized carbons (Fsp3) is 0.566. The molecule has 1 fully saturated rings. The number of benzene rings is 1. The molecule has 28 heteroatoms. The number of H-pyrrole nitrogens is 1. The minimum absolute atomic E-state index is 0.0176. The second-order valence-electron chi connectivity index (χ2n) is 20.1. The number of hydrogen-bond donors (Lipinski definition) is 12. The van der Waals surface area contributed by atoms with Gasteiger partial charge < -0.3 is 72.5 Å². The van der Waals surface area contributed by atoms with Gasteiger partial charge in [0.15, 0.2) is 5.78 Å². The molecule has 3 aliphatic rings. The third-order valence-corrected chi connectivity index (χ3v) is 15.2. The number of aromatic amines is 1. The van der Waals surface area contributed by atoms with Crippen LogP contribution in [0.3, 0.4) is 0 Å². The standard InChI is InChI=1S/C53H70N10O17S/c1-5-27(3)46-50(77)57-23-42(69)58-37-26-81-52-34(33-18-29(7-8-35(33)60-52)17-31(64)11-13-54-41(68)12-15-80-16-14-55-40(67)9-10-44(71)72)22-36(48(75)56-24-43(70)61-46)59-51(78)47(28(4)6-2)62-49(76)38-21-32(65)25-63(38)53(79)30(19-39(37)66)20-45(73)74/h7-8,18,27-28,30,32,36-38,46-47,60,65H,5-6,11-17,19-26H2,1-4H3,(H,54,68)(H,55,67)(H,56,75)(H,57,77)(H,58,69)(H,59,78)(H,61,70)(H,62,76)(H,71,72)(H,73,74)/t27-,28?,30-,32+,36+,37-,38-,46-,47-/m0/s1. The van der Waals surface area contributed by atoms with Gasteiger partial charge in [0.2, 0.25) is 47.3 Å². The highest BCUT2D eigenvalue weighted by atomic mass is 32.2. The van der Waals surface area contributed by atoms with Gasteiger partial charge in [-0.2, -0.15) is 0 Å². The third-order valence-electron chi connectivity index (χ3n) is 14.0. The van der Waals surface area contributed by atoms with Crippen LogP contribution in [-0.4, -0.2) is 190 Å². The number of Topliss-reactive ketones (excluding diaryl/α,β-unsaturated/α-hetero) is 2. The molecule has 81 heavy (non-hydrogen) atoms. The van der Waals surface area contributed by atoms with E-state index >= 15 is 0 Å². The lowest BCUT2D eigenvalue weighted by atomic mass is 9.93. The number of nitrogens with zero attached hydrogens (tertiary/aromatic N) is 1. The summed E-state index contributed by atoms with van der Waals surface area (Å²) in [6, 6.07) is -2.01. The maximum atomic E-state index is 14.7. The van der Waals surface area contributed by atoms with Crippen molar-refractivity contribution in [3.8, 4) is 11.8 Å². The van der Waals surface area contributed by atoms with Crippen LogP contribution in [0.5, 0.6) is 0 Å². The number of carbonyl (C=O) groups excluding carboxylic acids is 11. The number of aromatic nitrogens is 1. The van der Waals surface area contributed by atoms with Crippen molar-refractivity contribution in [2.45, 2.75) is 127 Å². The number of carboxylic acid groups (broad SMARTS) is 2. The molecule has 1 aromatic heterocycles. The number of ketones is 2. The number of hydrogen-bond acceptors (Lipinski definition) is 16. The molecule has 0 saturated carbocycles. The number of thioether (sulfide) groups is 1. The van der Waals surface area contributed by atoms with Crippen molar-refractivity contribution < 1.29 is 82.4 Å². The molecule has 1 unspecified atom stereocenters. The van der Waals surface area contributed by atoms with Crippen LogP contribution < -0.4 is 42.5 Å². The Morgan fingerprint density at radius 2 is 1.46 bits per heavy atom. The molecule has 2 bridgehead atoms. The van der Waals surface area contributed by atoms with Gasteiger partial charge in [0.25, 0.3) is 5.91 Å². The maximum absolute atomic E-state index is 14.7. The van der Waals surface area contributed by atoms with E-state index < -0.39 is 157 Å². The van der Waals surface area contributed by atoms with Gasteiger partial charge in [0.1, 0.15) is 30.0 Å². The van der Waals surface area contributed by atoms with E-state index in [0.717, 1.165) is 16.7 Å². The Kier molecular flexibility index (Phi) is 24.2. The van der Waals surface area contributed by atoms with Gasteiger partial charge >= 0.3 is 11.9 Å². The Balaban J connectivity index is 1.52. The molecule has 1 aromatic carbocycles. The van der Waals surface area contributed by atoms with E-state index in [0.29, 0.717) is 39.9 Å². The van der Waals surface area contributed by atoms with Crippen LogP contribution in [0.2, 0.25) is 0 Å². The lowest BCUT2D eigenvalue weighted by Crippen LogP contribution is -2.59. The Morgan fingerprint density at radius 1 is 0.778 bits per heavy atom. The molecule has 9 atom stereocenters. The minimum Gasteiger partial charge on any atom is -0.481 e. The lowest BCUT2D eigenvalue weighted by Gasteiger charge is -2.31. The Labute approximate surface area is 470 Å². The van der Waals surface area contributed by atoms with Crippen molar-refractivity contribution in [3.05, 3.63) is 29.3 Å². The summed E-state index contributed by atoms with van der Waals surface area (Å²) in [5, 5.41) is 50.8. The van der Waals surface area contributed by atoms with Crippen LogP contribution in [0.25, 0.3) is 10.9 Å². The molecule has 4 heterocycles. The lowest BCUT2D eigenvalue weighted by molar-refractivity contribution is -0.148. The van der Waals surface area contributed by atoms with Crippen LogP contribution in [0.15, 0.2) is 23.2 Å². The molecule has 0 spiro atoms. The van der Waals surface area contributed by atoms with Gasteiger partial charge in [-0.05, 0) is 35.1 Å². The second-order valence-corrected chi connectivity index (χ2v) is 21.1. The minimum atomic E-state index is -1.60. The highest BCUT2D eigenvalue weighted by Crippen LogP contribution is 2.33. The van der Waals surface area contributed by atoms with Crippen molar-refractivity contribution in [1.29, 1.82) is 0 Å². The predicted molar refractivity (Wildman–Crippen MR) is 287 cm³/mol. The first-order valence-corrected chi connectivity index (χ1v) is 27.6. The molecule has 0 radical (unpaired) electrons. The summed E-state index contributed by atoms with van der Waals surface area (Å²) in [7, 11) is 0. The molecule has 9 amide bonds. The first-order chi connectivity index (χ1) is 38.5. The summed E-state index contributed by atoms with van der Waals surface area (Å²) >= 11 is 0.989. The summed E-state index contributed by atoms with van der Waals surface area (Å²) in [5.74, 6) is -10.7. The van der Waals surface area contributed by atoms with E-state index in [2.05, 4.69) is 47.5 Å². The number of fused-ring (bicyclic) bond motifs is 5. The molecule has 3 aliphatic heterocycles. The number of carboxylic acids is 2. The number of carbonyl (C=O) groups is 13. The highest BCUT2D eigenvalue weighted by molar-refractivity contribution is 7.99. The van der Waals surface area contributed by atoms with E-state index in [-0.39, 0.29) is 69.9 Å². The first-order valence-electron chi connectivity index (χ1n) is 26.6. The van der Waals surface area contributed by atoms with Crippen LogP contribution in [0.4, 0.5) is 0 Å². The number of aliphatic hydroxyl groups excluding tert-OH is 1. The zero-order chi connectivity index (χ0) is 59.5. The number of ether oxygens (including phenoxy) is 1. The monoisotopic (exact) mass is 1150 g/mol. The van der Waals surface area contributed by atoms with E-state index in [9.17, 15) is 72.5 Å². The van der Waals surface area contributed by atoms with E-state index in [4.69, 9.17) is 9.84 Å². The summed E-state index contributed by atoms with van der Waals surface area (Å²) < 4.78 is 5.32. The molecule has 2 aromatic rings. The fourth-order valence-electron chi connectivity index (χ4n) is 9.24. The topological polar surface area (TPSA) is 407 Å². The summed E-state index contributed by atoms with van der Waals surface area (Å²) in [4.78, 5) is 178. The Hall–Kier alpha value is -7.90. The van der Waals surface area contributed by atoms with Crippen molar-refractivity contribution in [3.63, 3.8) is 0 Å². The van der Waals surface area contributed by atoms with Gasteiger partial charge in [-0.15, -0.1) is 11.8 Å². The van der Waals surface area contributed by atoms with Crippen molar-refractivity contribution >= 4 is 99.3 Å². The summed E-state index contributed by atoms with van der Waals surface area (Å²) in [6.07, 6.45) is -3.11. The zero-order valence-electron chi connectivity index (χ0n) is 45.4. The van der Waals surface area contributed by atoms with Crippen LogP contribution in [0.1, 0.15) is 83.8 Å². The SMILES string of the molecule is CCC(C)[C@@H]1NC(=O)[C@@H]2C[C@@H](O)CN2C(=O)[C@H](CC(=O)O)CC(=O)[C@@H]2CSc3[nH]c4ccc(CC(=O)CCNC(=O)CCOCCNC(=O)C#CC(=O)O)cc4c3C[C@@H](NC1=O)C(=O)NCC(=O)N[C@@H]([C@@H](C)CC)C(=O)NCC(=O)N2. The molecule has 12 N–H and O–H groups in total. The predicted octanol–water partition coefficient (Wildman–Crippen LogP) is -2.67. The number of nitrogens with one attached hydrogen (secondary N) is 9. The molecule has 5 rings (SSSR count).